The highest BCUT2D eigenvalue weighted by molar-refractivity contribution is 5.94. The third kappa shape index (κ3) is 4.71. The molecule has 128 valence electrons. The zero-order valence-electron chi connectivity index (χ0n) is 15.1. The van der Waals surface area contributed by atoms with Gasteiger partial charge in [-0.3, -0.25) is 4.79 Å². The fraction of sp³-hybridized carbons (Fsp3) is 0.632. The summed E-state index contributed by atoms with van der Waals surface area (Å²) in [6.07, 6.45) is 0. The van der Waals surface area contributed by atoms with Crippen LogP contribution in [0.1, 0.15) is 50.5 Å². The van der Waals surface area contributed by atoms with Crippen LogP contribution in [0.15, 0.2) is 18.2 Å². The Labute approximate surface area is 140 Å². The van der Waals surface area contributed by atoms with Crippen LogP contribution >= 0.6 is 0 Å². The SMILES string of the molecule is CC(C)COc1ccc(C(=O)N2CCNCC2)cc1C(C)(C)C. The van der Waals surface area contributed by atoms with E-state index in [1.807, 2.05) is 23.1 Å². The van der Waals surface area contributed by atoms with Crippen molar-refractivity contribution in [1.82, 2.24) is 10.2 Å². The first-order valence-electron chi connectivity index (χ1n) is 8.56. The average Bonchev–Trinajstić information content (AvgIpc) is 2.52. The highest BCUT2D eigenvalue weighted by atomic mass is 16.5. The highest BCUT2D eigenvalue weighted by Crippen LogP contribution is 2.33. The lowest BCUT2D eigenvalue weighted by Gasteiger charge is -2.29. The van der Waals surface area contributed by atoms with Gasteiger partial charge < -0.3 is 15.0 Å². The minimum Gasteiger partial charge on any atom is -0.493 e. The quantitative estimate of drug-likeness (QED) is 0.927. The summed E-state index contributed by atoms with van der Waals surface area (Å²) in [6.45, 7) is 14.7. The van der Waals surface area contributed by atoms with E-state index in [9.17, 15) is 4.79 Å². The second kappa shape index (κ2) is 7.35. The maximum atomic E-state index is 12.7. The molecule has 1 heterocycles. The van der Waals surface area contributed by atoms with Crippen LogP contribution in [0.2, 0.25) is 0 Å². The van der Waals surface area contributed by atoms with Crippen LogP contribution in [0.3, 0.4) is 0 Å². The maximum Gasteiger partial charge on any atom is 0.253 e. The number of benzene rings is 1. The van der Waals surface area contributed by atoms with Crippen molar-refractivity contribution in [2.75, 3.05) is 32.8 Å². The van der Waals surface area contributed by atoms with Crippen LogP contribution < -0.4 is 10.1 Å². The molecule has 0 radical (unpaired) electrons. The molecule has 4 heteroatoms. The van der Waals surface area contributed by atoms with Gasteiger partial charge in [0, 0.05) is 37.3 Å². The van der Waals surface area contributed by atoms with E-state index in [0.717, 1.165) is 43.1 Å². The van der Waals surface area contributed by atoms with E-state index >= 15 is 0 Å². The van der Waals surface area contributed by atoms with Crippen molar-refractivity contribution in [1.29, 1.82) is 0 Å². The summed E-state index contributed by atoms with van der Waals surface area (Å²) in [4.78, 5) is 14.6. The molecule has 0 aliphatic carbocycles. The Morgan fingerprint density at radius 1 is 1.26 bits per heavy atom. The van der Waals surface area contributed by atoms with Gasteiger partial charge in [-0.15, -0.1) is 0 Å². The number of nitrogens with one attached hydrogen (secondary N) is 1. The van der Waals surface area contributed by atoms with Gasteiger partial charge in [0.15, 0.2) is 0 Å². The first-order chi connectivity index (χ1) is 10.8. The molecule has 1 aromatic rings. The number of carbonyl (C=O) groups excluding carboxylic acids is 1. The summed E-state index contributed by atoms with van der Waals surface area (Å²) >= 11 is 0. The molecule has 1 saturated heterocycles. The molecule has 0 atom stereocenters. The van der Waals surface area contributed by atoms with Gasteiger partial charge in [-0.2, -0.15) is 0 Å². The smallest absolute Gasteiger partial charge is 0.253 e. The van der Waals surface area contributed by atoms with E-state index in [0.29, 0.717) is 12.5 Å². The van der Waals surface area contributed by atoms with Crippen LogP contribution in [-0.4, -0.2) is 43.6 Å². The van der Waals surface area contributed by atoms with Crippen molar-refractivity contribution in [3.05, 3.63) is 29.3 Å². The molecule has 1 aliphatic heterocycles. The number of hydrogen-bond acceptors (Lipinski definition) is 3. The van der Waals surface area contributed by atoms with Crippen molar-refractivity contribution in [2.45, 2.75) is 40.0 Å². The Kier molecular flexibility index (Phi) is 5.69. The summed E-state index contributed by atoms with van der Waals surface area (Å²) in [5.74, 6) is 1.49. The van der Waals surface area contributed by atoms with Gasteiger partial charge in [0.1, 0.15) is 5.75 Å². The average molecular weight is 318 g/mol. The molecule has 0 spiro atoms. The summed E-state index contributed by atoms with van der Waals surface area (Å²) < 4.78 is 5.97. The first kappa shape index (κ1) is 17.8. The zero-order chi connectivity index (χ0) is 17.0. The summed E-state index contributed by atoms with van der Waals surface area (Å²) in [7, 11) is 0. The second-order valence-electron chi connectivity index (χ2n) is 7.71. The molecule has 23 heavy (non-hydrogen) atoms. The van der Waals surface area contributed by atoms with Crippen LogP contribution in [0.25, 0.3) is 0 Å². The first-order valence-corrected chi connectivity index (χ1v) is 8.56. The molecule has 2 rings (SSSR count). The van der Waals surface area contributed by atoms with Crippen LogP contribution in [0, 0.1) is 5.92 Å². The molecular weight excluding hydrogens is 288 g/mol. The van der Waals surface area contributed by atoms with Gasteiger partial charge in [-0.1, -0.05) is 34.6 Å². The second-order valence-corrected chi connectivity index (χ2v) is 7.71. The predicted molar refractivity (Wildman–Crippen MR) is 94.2 cm³/mol. The molecule has 0 unspecified atom stereocenters. The molecular formula is C19H30N2O2. The Morgan fingerprint density at radius 2 is 1.91 bits per heavy atom. The number of ether oxygens (including phenoxy) is 1. The zero-order valence-corrected chi connectivity index (χ0v) is 15.1. The van der Waals surface area contributed by atoms with E-state index in [2.05, 4.69) is 39.9 Å². The normalized spacial score (nSPS) is 15.8. The number of hydrogen-bond donors (Lipinski definition) is 1. The van der Waals surface area contributed by atoms with Crippen molar-refractivity contribution >= 4 is 5.91 Å². The van der Waals surface area contributed by atoms with Gasteiger partial charge in [0.25, 0.3) is 5.91 Å². The van der Waals surface area contributed by atoms with Gasteiger partial charge in [0.05, 0.1) is 6.61 Å². The summed E-state index contributed by atoms with van der Waals surface area (Å²) in [5.41, 5.74) is 1.79. The number of rotatable bonds is 4. The van der Waals surface area contributed by atoms with E-state index in [-0.39, 0.29) is 11.3 Å². The van der Waals surface area contributed by atoms with Crippen LogP contribution in [-0.2, 0) is 5.41 Å². The lowest BCUT2D eigenvalue weighted by molar-refractivity contribution is 0.0735. The highest BCUT2D eigenvalue weighted by Gasteiger charge is 2.24. The fourth-order valence-corrected chi connectivity index (χ4v) is 2.68. The Morgan fingerprint density at radius 3 is 2.48 bits per heavy atom. The third-order valence-electron chi connectivity index (χ3n) is 4.01. The van der Waals surface area contributed by atoms with Gasteiger partial charge >= 0.3 is 0 Å². The predicted octanol–water partition coefficient (Wildman–Crippen LogP) is 3.06. The van der Waals surface area contributed by atoms with Gasteiger partial charge in [-0.25, -0.2) is 0 Å². The van der Waals surface area contributed by atoms with Gasteiger partial charge in [-0.05, 0) is 29.5 Å². The number of amides is 1. The van der Waals surface area contributed by atoms with Crippen molar-refractivity contribution in [2.24, 2.45) is 5.92 Å². The Hall–Kier alpha value is -1.55. The van der Waals surface area contributed by atoms with Crippen molar-refractivity contribution in [3.63, 3.8) is 0 Å². The van der Waals surface area contributed by atoms with E-state index in [1.54, 1.807) is 0 Å². The largest absolute Gasteiger partial charge is 0.493 e. The lowest BCUT2D eigenvalue weighted by atomic mass is 9.85. The minimum absolute atomic E-state index is 0.0634. The minimum atomic E-state index is -0.0634. The molecule has 0 saturated carbocycles. The molecule has 1 aromatic carbocycles. The topological polar surface area (TPSA) is 41.6 Å². The lowest BCUT2D eigenvalue weighted by Crippen LogP contribution is -2.46. The Balaban J connectivity index is 2.26. The third-order valence-corrected chi connectivity index (χ3v) is 4.01. The number of carbonyl (C=O) groups is 1. The summed E-state index contributed by atoms with van der Waals surface area (Å²) in [5, 5.41) is 3.28. The molecule has 1 N–H and O–H groups in total. The van der Waals surface area contributed by atoms with Crippen molar-refractivity contribution in [3.8, 4) is 5.75 Å². The molecule has 0 aromatic heterocycles. The van der Waals surface area contributed by atoms with E-state index in [1.165, 1.54) is 0 Å². The molecule has 0 bridgehead atoms. The number of nitrogens with zero attached hydrogens (tertiary/aromatic N) is 1. The fourth-order valence-electron chi connectivity index (χ4n) is 2.68. The van der Waals surface area contributed by atoms with E-state index in [4.69, 9.17) is 4.74 Å². The maximum absolute atomic E-state index is 12.7. The van der Waals surface area contributed by atoms with Crippen molar-refractivity contribution < 1.29 is 9.53 Å². The molecule has 1 amide bonds. The molecule has 4 nitrogen and oxygen atoms in total. The molecule has 1 aliphatic rings. The standard InChI is InChI=1S/C19H30N2O2/c1-14(2)13-23-17-7-6-15(12-16(17)19(3,4)5)18(22)21-10-8-20-9-11-21/h6-7,12,14,20H,8-11,13H2,1-5H3. The monoisotopic (exact) mass is 318 g/mol. The van der Waals surface area contributed by atoms with Crippen LogP contribution in [0.5, 0.6) is 5.75 Å². The van der Waals surface area contributed by atoms with Gasteiger partial charge in [0.2, 0.25) is 0 Å². The molecule has 1 fully saturated rings. The summed E-state index contributed by atoms with van der Waals surface area (Å²) in [6, 6.07) is 5.87. The Bertz CT molecular complexity index is 541. The number of piperazine rings is 1. The van der Waals surface area contributed by atoms with E-state index < -0.39 is 0 Å². The van der Waals surface area contributed by atoms with Crippen LogP contribution in [0.4, 0.5) is 0 Å².